The molecule has 0 saturated carbocycles. The molecule has 0 bridgehead atoms. The lowest BCUT2D eigenvalue weighted by molar-refractivity contribution is -0.148. The predicted molar refractivity (Wildman–Crippen MR) is 238 cm³/mol. The van der Waals surface area contributed by atoms with Crippen molar-refractivity contribution < 1.29 is 67.1 Å². The normalized spacial score (nSPS) is 14.4. The first-order valence-electron chi connectivity index (χ1n) is 21.5. The fraction of sp³-hybridized carbons (Fsp3) is 0.667. The van der Waals surface area contributed by atoms with Crippen molar-refractivity contribution in [2.75, 3.05) is 112 Å². The third-order valence-electron chi connectivity index (χ3n) is 10.3. The van der Waals surface area contributed by atoms with Crippen LogP contribution in [-0.4, -0.2) is 170 Å². The van der Waals surface area contributed by atoms with Gasteiger partial charge in [-0.05, 0) is 31.2 Å². The first-order valence-corrected chi connectivity index (χ1v) is 21.5. The summed E-state index contributed by atoms with van der Waals surface area (Å²) in [6.07, 6.45) is -1.09. The van der Waals surface area contributed by atoms with E-state index in [1.807, 2.05) is 14.7 Å². The van der Waals surface area contributed by atoms with Crippen molar-refractivity contribution in [2.24, 2.45) is 35.5 Å². The Labute approximate surface area is 378 Å². The van der Waals surface area contributed by atoms with Crippen LogP contribution in [0.4, 0.5) is 5.69 Å². The molecule has 19 heteroatoms. The summed E-state index contributed by atoms with van der Waals surface area (Å²) >= 11 is 0. The Morgan fingerprint density at radius 1 is 0.578 bits per heavy atom. The van der Waals surface area contributed by atoms with Crippen molar-refractivity contribution in [3.05, 3.63) is 36.4 Å². The van der Waals surface area contributed by atoms with Gasteiger partial charge in [0.05, 0.1) is 63.9 Å². The lowest BCUT2D eigenvalue weighted by atomic mass is 10.1. The van der Waals surface area contributed by atoms with Crippen molar-refractivity contribution in [3.8, 4) is 5.75 Å². The first kappa shape index (κ1) is 56.7. The number of carbonyl (C=O) groups excluding carboxylic acids is 7. The lowest BCUT2D eigenvalue weighted by Gasteiger charge is -2.31. The molecule has 0 fully saturated rings. The van der Waals surface area contributed by atoms with Crippen LogP contribution < -0.4 is 20.3 Å². The van der Waals surface area contributed by atoms with Gasteiger partial charge >= 0.3 is 29.8 Å². The number of benzene rings is 1. The topological polar surface area (TPSA) is 229 Å². The molecular weight excluding hydrogens is 835 g/mol. The number of rotatable bonds is 31. The Balaban J connectivity index is 3.18. The van der Waals surface area contributed by atoms with E-state index < -0.39 is 71.5 Å². The van der Waals surface area contributed by atoms with Crippen LogP contribution in [0.3, 0.4) is 0 Å². The number of esters is 5. The molecule has 0 saturated heterocycles. The number of hydrogen-bond acceptors (Lipinski definition) is 17. The highest BCUT2D eigenvalue weighted by Gasteiger charge is 2.26. The van der Waals surface area contributed by atoms with E-state index in [1.165, 1.54) is 35.4 Å². The molecule has 0 aromatic heterocycles. The maximum absolute atomic E-state index is 13.6. The van der Waals surface area contributed by atoms with Gasteiger partial charge in [-0.1, -0.05) is 48.1 Å². The summed E-state index contributed by atoms with van der Waals surface area (Å²) < 4.78 is 30.2. The van der Waals surface area contributed by atoms with E-state index in [-0.39, 0.29) is 56.8 Å². The fourth-order valence-corrected chi connectivity index (χ4v) is 6.59. The van der Waals surface area contributed by atoms with E-state index in [9.17, 15) is 38.7 Å². The summed E-state index contributed by atoms with van der Waals surface area (Å²) in [4.78, 5) is 93.2. The number of amides is 2. The summed E-state index contributed by atoms with van der Waals surface area (Å²) in [5.41, 5.74) is 0.890. The van der Waals surface area contributed by atoms with Gasteiger partial charge in [-0.15, -0.1) is 0 Å². The minimum atomic E-state index is -1.09. The van der Waals surface area contributed by atoms with Crippen LogP contribution in [0.2, 0.25) is 0 Å². The number of carbonyl (C=O) groups is 7. The molecule has 19 nitrogen and oxygen atoms in total. The van der Waals surface area contributed by atoms with Gasteiger partial charge in [-0.3, -0.25) is 38.6 Å². The predicted octanol–water partition coefficient (Wildman–Crippen LogP) is 1.70. The third-order valence-corrected chi connectivity index (χ3v) is 10.3. The molecule has 1 aromatic carbocycles. The molecule has 0 radical (unpaired) electrons. The van der Waals surface area contributed by atoms with Gasteiger partial charge in [0.15, 0.2) is 0 Å². The van der Waals surface area contributed by atoms with Crippen molar-refractivity contribution in [3.63, 3.8) is 0 Å². The number of hydrogen-bond donors (Lipinski definition) is 3. The average molecular weight is 908 g/mol. The van der Waals surface area contributed by atoms with Gasteiger partial charge in [0.2, 0.25) is 11.8 Å². The van der Waals surface area contributed by atoms with Crippen LogP contribution in [0.25, 0.3) is 0 Å². The van der Waals surface area contributed by atoms with E-state index in [0.717, 1.165) is 0 Å². The summed E-state index contributed by atoms with van der Waals surface area (Å²) in [5.74, 6) is -5.34. The quantitative estimate of drug-likeness (QED) is 0.0547. The number of aliphatic hydroxyl groups excluding tert-OH is 1. The molecule has 0 aliphatic carbocycles. The van der Waals surface area contributed by atoms with E-state index in [1.54, 1.807) is 65.8 Å². The summed E-state index contributed by atoms with van der Waals surface area (Å²) in [6.45, 7) is 17.8. The number of anilines is 1. The molecule has 3 N–H and O–H groups in total. The van der Waals surface area contributed by atoms with E-state index in [0.29, 0.717) is 50.7 Å². The van der Waals surface area contributed by atoms with E-state index in [4.69, 9.17) is 28.4 Å². The first-order chi connectivity index (χ1) is 30.2. The lowest BCUT2D eigenvalue weighted by Crippen LogP contribution is -2.46. The average Bonchev–Trinajstić information content (AvgIpc) is 3.27. The second-order valence-electron chi connectivity index (χ2n) is 16.3. The molecule has 0 aliphatic rings. The summed E-state index contributed by atoms with van der Waals surface area (Å²) in [6, 6.07) is 6.90. The zero-order valence-electron chi connectivity index (χ0n) is 39.6. The van der Waals surface area contributed by atoms with E-state index in [2.05, 4.69) is 17.2 Å². The molecule has 1 aromatic rings. The van der Waals surface area contributed by atoms with Crippen LogP contribution >= 0.6 is 0 Å². The molecule has 0 aliphatic heterocycles. The molecule has 7 unspecified atom stereocenters. The molecule has 0 spiro atoms. The molecule has 0 heterocycles. The highest BCUT2D eigenvalue weighted by molar-refractivity contribution is 5.87. The maximum atomic E-state index is 13.6. The van der Waals surface area contributed by atoms with Crippen LogP contribution in [0.5, 0.6) is 5.75 Å². The Hall–Kier alpha value is -5.27. The zero-order valence-corrected chi connectivity index (χ0v) is 39.6. The zero-order chi connectivity index (χ0) is 48.5. The molecule has 2 amide bonds. The standard InChI is InChI=1S/C45H73N5O14/c1-29(2)41(54)64-28-37(51)27-63-38-15-13-36(14-16-38)50(25-30(3)39(52)46-17-19-48(21-32(5)42(55)59-9)22-33(6)43(56)60-10)26-31(4)40(53)47-18-20-49(23-34(7)44(57)61-11)24-35(8)45(58)62-12/h13-16,30-35,37,51H,1,17-28H2,2-12H3,(H,46,52)(H,47,53). The second kappa shape index (κ2) is 30.0. The summed E-state index contributed by atoms with van der Waals surface area (Å²) in [7, 11) is 5.24. The smallest absolute Gasteiger partial charge is 0.333 e. The van der Waals surface area contributed by atoms with Crippen molar-refractivity contribution >= 4 is 47.3 Å². The van der Waals surface area contributed by atoms with Gasteiger partial charge < -0.3 is 49.1 Å². The summed E-state index contributed by atoms with van der Waals surface area (Å²) in [5, 5.41) is 16.2. The minimum absolute atomic E-state index is 0.151. The van der Waals surface area contributed by atoms with Gasteiger partial charge in [0.1, 0.15) is 25.1 Å². The molecule has 7 atom stereocenters. The number of ether oxygens (including phenoxy) is 6. The van der Waals surface area contributed by atoms with Crippen LogP contribution in [0, 0.1) is 35.5 Å². The molecule has 64 heavy (non-hydrogen) atoms. The molecule has 362 valence electrons. The van der Waals surface area contributed by atoms with Gasteiger partial charge in [0.25, 0.3) is 0 Å². The maximum Gasteiger partial charge on any atom is 0.333 e. The van der Waals surface area contributed by atoms with Gasteiger partial charge in [-0.2, -0.15) is 0 Å². The van der Waals surface area contributed by atoms with Crippen molar-refractivity contribution in [1.82, 2.24) is 20.4 Å². The number of nitrogens with one attached hydrogen (secondary N) is 2. The highest BCUT2D eigenvalue weighted by Crippen LogP contribution is 2.22. The van der Waals surface area contributed by atoms with Gasteiger partial charge in [0, 0.05) is 76.7 Å². The minimum Gasteiger partial charge on any atom is -0.491 e. The Morgan fingerprint density at radius 3 is 1.27 bits per heavy atom. The number of methoxy groups -OCH3 is 4. The SMILES string of the molecule is C=C(C)C(=O)OCC(O)COc1ccc(N(CC(C)C(=O)NCCN(CC(C)C(=O)OC)CC(C)C(=O)OC)CC(C)C(=O)NCCN(CC(C)C(=O)OC)CC(C)C(=O)OC)cc1. The molecular formula is C45H73N5O14. The Kier molecular flexibility index (Phi) is 26.6. The Morgan fingerprint density at radius 2 is 0.938 bits per heavy atom. The van der Waals surface area contributed by atoms with Crippen LogP contribution in [0.15, 0.2) is 36.4 Å². The fourth-order valence-electron chi connectivity index (χ4n) is 6.59. The monoisotopic (exact) mass is 908 g/mol. The van der Waals surface area contributed by atoms with Crippen LogP contribution in [-0.2, 0) is 57.2 Å². The third kappa shape index (κ3) is 21.4. The van der Waals surface area contributed by atoms with Gasteiger partial charge in [-0.25, -0.2) is 4.79 Å². The van der Waals surface area contributed by atoms with E-state index >= 15 is 0 Å². The Bertz CT molecular complexity index is 1530. The largest absolute Gasteiger partial charge is 0.491 e. The van der Waals surface area contributed by atoms with Crippen LogP contribution in [0.1, 0.15) is 48.5 Å². The van der Waals surface area contributed by atoms with Crippen molar-refractivity contribution in [1.29, 1.82) is 0 Å². The second-order valence-corrected chi connectivity index (χ2v) is 16.3. The highest BCUT2D eigenvalue weighted by atomic mass is 16.6. The van der Waals surface area contributed by atoms with Crippen molar-refractivity contribution in [2.45, 2.75) is 54.6 Å². The number of nitrogens with zero attached hydrogens (tertiary/aromatic N) is 3. The molecule has 1 rings (SSSR count). The number of aliphatic hydroxyl groups is 1.